The van der Waals surface area contributed by atoms with Gasteiger partial charge in [-0.1, -0.05) is 0 Å². The highest BCUT2D eigenvalue weighted by atomic mass is 32.2. The fourth-order valence-corrected chi connectivity index (χ4v) is 6.10. The van der Waals surface area contributed by atoms with Gasteiger partial charge in [-0.2, -0.15) is 4.31 Å². The molecule has 11 nitrogen and oxygen atoms in total. The molecular formula is C22H24N2O9S2. The van der Waals surface area contributed by atoms with Gasteiger partial charge in [0.15, 0.2) is 6.61 Å². The lowest BCUT2D eigenvalue weighted by Gasteiger charge is -2.15. The van der Waals surface area contributed by atoms with E-state index in [0.29, 0.717) is 13.1 Å². The van der Waals surface area contributed by atoms with Crippen molar-refractivity contribution >= 4 is 50.2 Å². The second kappa shape index (κ2) is 11.0. The Kier molecular flexibility index (Phi) is 8.25. The summed E-state index contributed by atoms with van der Waals surface area (Å²) in [6, 6.07) is 5.25. The largest absolute Gasteiger partial charge is 0.465 e. The number of nitrogens with zero attached hydrogens (tertiary/aromatic N) is 1. The van der Waals surface area contributed by atoms with Crippen molar-refractivity contribution in [2.75, 3.05) is 39.2 Å². The van der Waals surface area contributed by atoms with Gasteiger partial charge in [0, 0.05) is 13.1 Å². The molecule has 13 heteroatoms. The highest BCUT2D eigenvalue weighted by Crippen LogP contribution is 2.34. The second-order valence-electron chi connectivity index (χ2n) is 7.50. The Morgan fingerprint density at radius 3 is 2.14 bits per heavy atom. The van der Waals surface area contributed by atoms with Gasteiger partial charge in [-0.25, -0.2) is 22.8 Å². The number of carbonyl (C=O) groups excluding carboxylic acids is 4. The first-order valence-corrected chi connectivity index (χ1v) is 12.7. The number of hydrogen-bond donors (Lipinski definition) is 1. The van der Waals surface area contributed by atoms with E-state index in [1.807, 2.05) is 0 Å². The van der Waals surface area contributed by atoms with Gasteiger partial charge in [0.2, 0.25) is 10.0 Å². The quantitative estimate of drug-likeness (QED) is 0.406. The van der Waals surface area contributed by atoms with Crippen LogP contribution in [-0.4, -0.2) is 70.5 Å². The summed E-state index contributed by atoms with van der Waals surface area (Å²) in [7, 11) is -1.27. The molecule has 1 aromatic heterocycles. The molecule has 0 spiro atoms. The lowest BCUT2D eigenvalue weighted by molar-refractivity contribution is -0.119. The van der Waals surface area contributed by atoms with Crippen LogP contribution in [0.25, 0.3) is 0 Å². The van der Waals surface area contributed by atoms with E-state index in [4.69, 9.17) is 9.47 Å². The Labute approximate surface area is 206 Å². The molecule has 1 N–H and O–H groups in total. The van der Waals surface area contributed by atoms with Crippen LogP contribution in [0, 0.1) is 6.92 Å². The normalized spacial score (nSPS) is 13.8. The molecule has 1 aliphatic rings. The molecule has 1 aromatic carbocycles. The first-order chi connectivity index (χ1) is 16.6. The molecule has 0 unspecified atom stereocenters. The van der Waals surface area contributed by atoms with Crippen LogP contribution in [0.1, 0.15) is 48.8 Å². The molecule has 188 valence electrons. The van der Waals surface area contributed by atoms with Crippen LogP contribution in [-0.2, 0) is 29.0 Å². The van der Waals surface area contributed by atoms with Crippen LogP contribution in [0.4, 0.5) is 5.00 Å². The van der Waals surface area contributed by atoms with Gasteiger partial charge < -0.3 is 19.5 Å². The maximum Gasteiger partial charge on any atom is 0.348 e. The number of rotatable bonds is 8. The average molecular weight is 525 g/mol. The Morgan fingerprint density at radius 2 is 1.57 bits per heavy atom. The van der Waals surface area contributed by atoms with E-state index in [1.54, 1.807) is 0 Å². The zero-order valence-corrected chi connectivity index (χ0v) is 20.9. The van der Waals surface area contributed by atoms with Gasteiger partial charge >= 0.3 is 17.9 Å². The van der Waals surface area contributed by atoms with E-state index in [-0.39, 0.29) is 31.5 Å². The summed E-state index contributed by atoms with van der Waals surface area (Å²) >= 11 is 0.827. The number of nitrogens with one attached hydrogen (secondary N) is 1. The lowest BCUT2D eigenvalue weighted by Crippen LogP contribution is -2.27. The van der Waals surface area contributed by atoms with Crippen molar-refractivity contribution in [3.8, 4) is 0 Å². The van der Waals surface area contributed by atoms with Gasteiger partial charge in [0.1, 0.15) is 9.88 Å². The number of esters is 3. The molecule has 0 atom stereocenters. The highest BCUT2D eigenvalue weighted by Gasteiger charge is 2.28. The Balaban J connectivity index is 1.65. The molecule has 0 radical (unpaired) electrons. The van der Waals surface area contributed by atoms with Crippen molar-refractivity contribution in [2.24, 2.45) is 0 Å². The molecule has 2 heterocycles. The number of hydrogen-bond acceptors (Lipinski definition) is 10. The predicted octanol–water partition coefficient (Wildman–Crippen LogP) is 2.21. The number of benzene rings is 1. The van der Waals surface area contributed by atoms with E-state index in [2.05, 4.69) is 10.1 Å². The Morgan fingerprint density at radius 1 is 0.971 bits per heavy atom. The number of carbonyl (C=O) groups is 4. The molecule has 1 amide bonds. The smallest absolute Gasteiger partial charge is 0.348 e. The van der Waals surface area contributed by atoms with Crippen LogP contribution in [0.2, 0.25) is 0 Å². The Bertz CT molecular complexity index is 1240. The summed E-state index contributed by atoms with van der Waals surface area (Å²) in [6.45, 7) is 1.75. The third kappa shape index (κ3) is 5.69. The molecule has 0 bridgehead atoms. The number of sulfonamides is 1. The summed E-state index contributed by atoms with van der Waals surface area (Å²) < 4.78 is 41.0. The molecule has 0 aliphatic carbocycles. The monoisotopic (exact) mass is 524 g/mol. The average Bonchev–Trinajstić information content (AvgIpc) is 3.51. The zero-order valence-electron chi connectivity index (χ0n) is 19.3. The lowest BCUT2D eigenvalue weighted by atomic mass is 10.1. The number of thiophene rings is 1. The van der Waals surface area contributed by atoms with Crippen LogP contribution >= 0.6 is 11.3 Å². The van der Waals surface area contributed by atoms with Crippen molar-refractivity contribution in [1.82, 2.24) is 4.31 Å². The minimum atomic E-state index is -3.62. The first-order valence-electron chi connectivity index (χ1n) is 10.5. The molecule has 0 saturated carbocycles. The Hall–Kier alpha value is -3.29. The number of amides is 1. The van der Waals surface area contributed by atoms with Gasteiger partial charge in [-0.3, -0.25) is 4.79 Å². The minimum absolute atomic E-state index is 0.00706. The minimum Gasteiger partial charge on any atom is -0.465 e. The summed E-state index contributed by atoms with van der Waals surface area (Å²) in [5, 5.41) is 2.49. The van der Waals surface area contributed by atoms with Gasteiger partial charge in [-0.15, -0.1) is 11.3 Å². The van der Waals surface area contributed by atoms with Crippen LogP contribution in [0.3, 0.4) is 0 Å². The number of methoxy groups -OCH3 is 2. The van der Waals surface area contributed by atoms with Gasteiger partial charge in [0.05, 0.1) is 30.2 Å². The third-order valence-corrected chi connectivity index (χ3v) is 8.39. The van der Waals surface area contributed by atoms with E-state index in [0.717, 1.165) is 31.3 Å². The van der Waals surface area contributed by atoms with Crippen LogP contribution in [0.5, 0.6) is 0 Å². The molecule has 2 aromatic rings. The first kappa shape index (κ1) is 26.3. The van der Waals surface area contributed by atoms with Crippen LogP contribution in [0.15, 0.2) is 29.2 Å². The van der Waals surface area contributed by atoms with Crippen LogP contribution < -0.4 is 5.32 Å². The molecule has 35 heavy (non-hydrogen) atoms. The van der Waals surface area contributed by atoms with E-state index in [1.165, 1.54) is 42.6 Å². The number of anilines is 1. The molecular weight excluding hydrogens is 500 g/mol. The predicted molar refractivity (Wildman–Crippen MR) is 125 cm³/mol. The molecule has 1 fully saturated rings. The van der Waals surface area contributed by atoms with E-state index in [9.17, 15) is 27.6 Å². The van der Waals surface area contributed by atoms with Crippen molar-refractivity contribution < 1.29 is 41.8 Å². The van der Waals surface area contributed by atoms with E-state index >= 15 is 0 Å². The highest BCUT2D eigenvalue weighted by molar-refractivity contribution is 7.89. The summed E-state index contributed by atoms with van der Waals surface area (Å²) in [6.07, 6.45) is 1.61. The van der Waals surface area contributed by atoms with Gasteiger partial charge in [-0.05, 0) is 49.6 Å². The standard InChI is InChI=1S/C22H24N2O9S2/c1-13-17(21(27)31-2)19(34-18(13)22(28)32-3)23-16(25)12-33-20(26)14-6-8-15(9-7-14)35(29,30)24-10-4-5-11-24/h6-9H,4-5,10-12H2,1-3H3,(H,23,25). The number of ether oxygens (including phenoxy) is 3. The van der Waals surface area contributed by atoms with Crippen molar-refractivity contribution in [2.45, 2.75) is 24.7 Å². The van der Waals surface area contributed by atoms with Crippen molar-refractivity contribution in [3.05, 3.63) is 45.8 Å². The molecule has 1 aliphatic heterocycles. The fourth-order valence-electron chi connectivity index (χ4n) is 3.45. The van der Waals surface area contributed by atoms with Crippen molar-refractivity contribution in [3.63, 3.8) is 0 Å². The van der Waals surface area contributed by atoms with E-state index < -0.39 is 40.4 Å². The summed E-state index contributed by atoms with van der Waals surface area (Å²) in [5.74, 6) is -3.03. The molecule has 1 saturated heterocycles. The van der Waals surface area contributed by atoms with Gasteiger partial charge in [0.25, 0.3) is 5.91 Å². The second-order valence-corrected chi connectivity index (χ2v) is 10.5. The topological polar surface area (TPSA) is 145 Å². The maximum absolute atomic E-state index is 12.6. The van der Waals surface area contributed by atoms with Crippen molar-refractivity contribution in [1.29, 1.82) is 0 Å². The zero-order chi connectivity index (χ0) is 25.8. The summed E-state index contributed by atoms with van der Waals surface area (Å²) in [5.41, 5.74) is 0.339. The fraction of sp³-hybridized carbons (Fsp3) is 0.364. The summed E-state index contributed by atoms with van der Waals surface area (Å²) in [4.78, 5) is 49.0. The SMILES string of the molecule is COC(=O)c1sc(NC(=O)COC(=O)c2ccc(S(=O)(=O)N3CCCC3)cc2)c(C(=O)OC)c1C. The maximum atomic E-state index is 12.6. The third-order valence-electron chi connectivity index (χ3n) is 5.29. The molecule has 3 rings (SSSR count).